The van der Waals surface area contributed by atoms with Gasteiger partial charge in [0, 0.05) is 43.4 Å². The lowest BCUT2D eigenvalue weighted by molar-refractivity contribution is -0.386. The number of amides is 1. The van der Waals surface area contributed by atoms with Crippen LogP contribution in [0, 0.1) is 23.0 Å². The van der Waals surface area contributed by atoms with Crippen molar-refractivity contribution in [3.8, 4) is 11.5 Å². The summed E-state index contributed by atoms with van der Waals surface area (Å²) in [4.78, 5) is 55.9. The van der Waals surface area contributed by atoms with Crippen LogP contribution in [0.5, 0.6) is 11.5 Å². The molecule has 2 aliphatic rings. The van der Waals surface area contributed by atoms with Gasteiger partial charge in [-0.15, -0.1) is 0 Å². The average molecular weight is 495 g/mol. The first kappa shape index (κ1) is 23.5. The fraction of sp³-hybridized carbons (Fsp3) is 0.417. The minimum atomic E-state index is -0.667. The molecule has 1 saturated heterocycles. The van der Waals surface area contributed by atoms with E-state index in [9.17, 15) is 24.5 Å². The maximum atomic E-state index is 13.3. The zero-order chi connectivity index (χ0) is 25.7. The Labute approximate surface area is 204 Å². The number of nitrogens with zero attached hydrogens (tertiary/aromatic N) is 5. The van der Waals surface area contributed by atoms with Crippen molar-refractivity contribution in [3.63, 3.8) is 0 Å². The molecule has 0 radical (unpaired) electrons. The summed E-state index contributed by atoms with van der Waals surface area (Å²) in [6.45, 7) is 2.59. The van der Waals surface area contributed by atoms with Crippen LogP contribution >= 0.6 is 0 Å². The largest absolute Gasteiger partial charge is 0.493 e. The second-order valence-electron chi connectivity index (χ2n) is 9.19. The van der Waals surface area contributed by atoms with Crippen LogP contribution in [-0.4, -0.2) is 57.2 Å². The normalized spacial score (nSPS) is 18.6. The highest BCUT2D eigenvalue weighted by atomic mass is 16.6. The zero-order valence-electron chi connectivity index (χ0n) is 20.1. The van der Waals surface area contributed by atoms with E-state index in [-0.39, 0.29) is 29.8 Å². The molecule has 1 fully saturated rings. The monoisotopic (exact) mass is 495 g/mol. The van der Waals surface area contributed by atoms with Crippen molar-refractivity contribution in [1.82, 2.24) is 19.0 Å². The number of benzene rings is 1. The molecule has 1 amide bonds. The van der Waals surface area contributed by atoms with Gasteiger partial charge in [0.15, 0.2) is 11.5 Å². The Balaban J connectivity index is 1.43. The quantitative estimate of drug-likeness (QED) is 0.383. The Hall–Kier alpha value is -4.22. The first-order valence-electron chi connectivity index (χ1n) is 11.5. The van der Waals surface area contributed by atoms with Crippen molar-refractivity contribution in [2.24, 2.45) is 5.92 Å². The van der Waals surface area contributed by atoms with Crippen molar-refractivity contribution in [1.29, 1.82) is 0 Å². The fourth-order valence-corrected chi connectivity index (χ4v) is 5.36. The molecule has 1 aromatic carbocycles. The third kappa shape index (κ3) is 3.78. The molecule has 5 rings (SSSR count). The summed E-state index contributed by atoms with van der Waals surface area (Å²) in [6.07, 6.45) is 0.791. The number of likely N-dealkylation sites (tertiary alicyclic amines) is 1. The average Bonchev–Trinajstić information content (AvgIpc) is 2.86. The maximum absolute atomic E-state index is 13.3. The first-order chi connectivity index (χ1) is 17.2. The van der Waals surface area contributed by atoms with E-state index < -0.39 is 16.2 Å². The lowest BCUT2D eigenvalue weighted by Crippen LogP contribution is -2.50. The summed E-state index contributed by atoms with van der Waals surface area (Å²) in [5.74, 6) is 0.894. The smallest absolute Gasteiger partial charge is 0.334 e. The minimum absolute atomic E-state index is 0.0100. The van der Waals surface area contributed by atoms with Crippen molar-refractivity contribution in [2.75, 3.05) is 27.3 Å². The number of hydrogen-bond acceptors (Lipinski definition) is 8. The number of piperidine rings is 1. The lowest BCUT2D eigenvalue weighted by Gasteiger charge is -2.42. The Bertz CT molecular complexity index is 1530. The predicted molar refractivity (Wildman–Crippen MR) is 129 cm³/mol. The number of fused-ring (bicyclic) bond motifs is 5. The number of carbonyl (C=O) groups excluding carboxylic acids is 1. The summed E-state index contributed by atoms with van der Waals surface area (Å²) >= 11 is 0. The van der Waals surface area contributed by atoms with Crippen molar-refractivity contribution in [2.45, 2.75) is 32.4 Å². The van der Waals surface area contributed by atoms with Gasteiger partial charge in [-0.2, -0.15) is 0 Å². The first-order valence-corrected chi connectivity index (χ1v) is 11.5. The molecule has 0 spiro atoms. The van der Waals surface area contributed by atoms with Crippen LogP contribution in [-0.2, 0) is 17.9 Å². The summed E-state index contributed by atoms with van der Waals surface area (Å²) < 4.78 is 13.4. The van der Waals surface area contributed by atoms with Crippen LogP contribution in [0.1, 0.15) is 23.9 Å². The molecule has 0 N–H and O–H groups in total. The van der Waals surface area contributed by atoms with Gasteiger partial charge in [-0.1, -0.05) is 0 Å². The molecule has 2 aliphatic heterocycles. The van der Waals surface area contributed by atoms with Crippen LogP contribution < -0.4 is 20.6 Å². The van der Waals surface area contributed by atoms with Crippen LogP contribution in [0.15, 0.2) is 33.9 Å². The number of nitro groups is 1. The third-order valence-corrected chi connectivity index (χ3v) is 7.08. The van der Waals surface area contributed by atoms with Gasteiger partial charge in [-0.3, -0.25) is 29.1 Å². The summed E-state index contributed by atoms with van der Waals surface area (Å²) in [5.41, 5.74) is -0.264. The van der Waals surface area contributed by atoms with Gasteiger partial charge < -0.3 is 18.9 Å². The van der Waals surface area contributed by atoms with E-state index in [1.165, 1.54) is 29.4 Å². The molecule has 36 heavy (non-hydrogen) atoms. The van der Waals surface area contributed by atoms with Gasteiger partial charge in [0.25, 0.3) is 5.56 Å². The van der Waals surface area contributed by atoms with Crippen LogP contribution in [0.4, 0.5) is 5.69 Å². The maximum Gasteiger partial charge on any atom is 0.334 e. The van der Waals surface area contributed by atoms with Gasteiger partial charge in [-0.05, 0) is 31.4 Å². The molecule has 188 valence electrons. The Morgan fingerprint density at radius 1 is 1.11 bits per heavy atom. The number of ether oxygens (including phenoxy) is 2. The van der Waals surface area contributed by atoms with E-state index in [0.717, 1.165) is 6.42 Å². The van der Waals surface area contributed by atoms with E-state index in [1.54, 1.807) is 30.0 Å². The number of aryl methyl sites for hydroxylation is 1. The van der Waals surface area contributed by atoms with Crippen LogP contribution in [0.2, 0.25) is 0 Å². The molecular formula is C24H25N5O7. The zero-order valence-corrected chi connectivity index (χ0v) is 20.1. The van der Waals surface area contributed by atoms with E-state index in [4.69, 9.17) is 9.47 Å². The molecular weight excluding hydrogens is 470 g/mol. The van der Waals surface area contributed by atoms with Crippen molar-refractivity contribution < 1.29 is 19.2 Å². The van der Waals surface area contributed by atoms with E-state index in [2.05, 4.69) is 4.98 Å². The van der Waals surface area contributed by atoms with Crippen molar-refractivity contribution >= 4 is 22.5 Å². The molecule has 0 aliphatic carbocycles. The molecule has 12 heteroatoms. The standard InChI is InChI=1S/C24H25N5O7/c1-13-25-17-8-21(36-3)20(35-2)7-16(17)23(31)27(13)12-22(30)26-9-14-6-15(11-26)18-4-5-19(29(33)34)24(32)28(18)10-14/h4-5,7-8,14-15H,6,9-12H2,1-3H3/t14-,15+/m0/s1. The summed E-state index contributed by atoms with van der Waals surface area (Å²) in [7, 11) is 2.98. The highest BCUT2D eigenvalue weighted by Gasteiger charge is 2.37. The molecule has 2 aromatic heterocycles. The second kappa shape index (κ2) is 8.77. The Morgan fingerprint density at radius 3 is 2.53 bits per heavy atom. The number of methoxy groups -OCH3 is 2. The second-order valence-corrected chi connectivity index (χ2v) is 9.19. The number of pyridine rings is 1. The fourth-order valence-electron chi connectivity index (χ4n) is 5.36. The van der Waals surface area contributed by atoms with Gasteiger partial charge in [0.1, 0.15) is 12.4 Å². The summed E-state index contributed by atoms with van der Waals surface area (Å²) in [5, 5.41) is 11.5. The van der Waals surface area contributed by atoms with Gasteiger partial charge in [-0.25, -0.2) is 4.98 Å². The lowest BCUT2D eigenvalue weighted by atomic mass is 9.83. The third-order valence-electron chi connectivity index (χ3n) is 7.08. The minimum Gasteiger partial charge on any atom is -0.493 e. The van der Waals surface area contributed by atoms with E-state index >= 15 is 0 Å². The van der Waals surface area contributed by atoms with E-state index in [1.807, 2.05) is 0 Å². The molecule has 2 bridgehead atoms. The molecule has 12 nitrogen and oxygen atoms in total. The van der Waals surface area contributed by atoms with Crippen LogP contribution in [0.25, 0.3) is 10.9 Å². The topological polar surface area (TPSA) is 139 Å². The van der Waals surface area contributed by atoms with Crippen molar-refractivity contribution in [3.05, 3.63) is 66.6 Å². The molecule has 3 aromatic rings. The molecule has 0 unspecified atom stereocenters. The SMILES string of the molecule is COc1cc2nc(C)n(CC(=O)N3C[C@@H]4C[C@H](C3)c3ccc([N+](=O)[O-])c(=O)n3C4)c(=O)c2cc1OC. The molecule has 2 atom stereocenters. The predicted octanol–water partition coefficient (Wildman–Crippen LogP) is 1.44. The number of hydrogen-bond donors (Lipinski definition) is 0. The summed E-state index contributed by atoms with van der Waals surface area (Å²) in [6, 6.07) is 6.04. The highest BCUT2D eigenvalue weighted by Crippen LogP contribution is 2.36. The van der Waals surface area contributed by atoms with Gasteiger partial charge in [0.2, 0.25) is 5.91 Å². The molecule has 4 heterocycles. The van der Waals surface area contributed by atoms with Gasteiger partial charge in [0.05, 0.1) is 30.0 Å². The highest BCUT2D eigenvalue weighted by molar-refractivity contribution is 5.83. The number of aromatic nitrogens is 3. The number of carbonyl (C=O) groups is 1. The van der Waals surface area contributed by atoms with Crippen LogP contribution in [0.3, 0.4) is 0 Å². The molecule has 0 saturated carbocycles. The van der Waals surface area contributed by atoms with E-state index in [0.29, 0.717) is 53.6 Å². The Morgan fingerprint density at radius 2 is 1.83 bits per heavy atom. The number of rotatable bonds is 5. The Kier molecular flexibility index (Phi) is 5.73. The van der Waals surface area contributed by atoms with Gasteiger partial charge >= 0.3 is 11.2 Å².